The van der Waals surface area contributed by atoms with E-state index in [0.29, 0.717) is 4.77 Å². The van der Waals surface area contributed by atoms with Crippen LogP contribution >= 0.6 is 12.2 Å². The second-order valence-electron chi connectivity index (χ2n) is 2.98. The van der Waals surface area contributed by atoms with Crippen LogP contribution in [0.4, 0.5) is 0 Å². The molecule has 0 saturated carbocycles. The molecule has 0 bridgehead atoms. The first-order chi connectivity index (χ1) is 6.77. The molecular weight excluding hydrogens is 198 g/mol. The van der Waals surface area contributed by atoms with Gasteiger partial charge in [0.1, 0.15) is 6.33 Å². The highest BCUT2D eigenvalue weighted by Crippen LogP contribution is 1.99. The molecule has 0 amide bonds. The highest BCUT2D eigenvalue weighted by atomic mass is 32.1. The van der Waals surface area contributed by atoms with E-state index in [2.05, 4.69) is 26.3 Å². The fourth-order valence-electron chi connectivity index (χ4n) is 1.21. The van der Waals surface area contributed by atoms with Gasteiger partial charge in [-0.2, -0.15) is 5.10 Å². The van der Waals surface area contributed by atoms with Gasteiger partial charge in [-0.05, 0) is 24.4 Å². The molecule has 0 aromatic carbocycles. The minimum Gasteiger partial charge on any atom is -0.353 e. The number of H-pyrrole nitrogens is 1. The number of aryl methyl sites for hydroxylation is 1. The Morgan fingerprint density at radius 1 is 1.64 bits per heavy atom. The van der Waals surface area contributed by atoms with Crippen molar-refractivity contribution in [2.24, 2.45) is 7.05 Å². The molecule has 0 aliphatic heterocycles. The highest BCUT2D eigenvalue weighted by molar-refractivity contribution is 7.71. The van der Waals surface area contributed by atoms with Crippen LogP contribution in [0.2, 0.25) is 0 Å². The predicted octanol–water partition coefficient (Wildman–Crippen LogP) is 1.02. The summed E-state index contributed by atoms with van der Waals surface area (Å²) in [5, 5.41) is 6.48. The van der Waals surface area contributed by atoms with Gasteiger partial charge >= 0.3 is 0 Å². The number of nitrogens with zero attached hydrogens (tertiary/aromatic N) is 3. The molecule has 0 saturated heterocycles. The standard InChI is InChI=1S/C8H11N5S/c1-12-4-2-3-7(12)5-10-13-6-9-11-8(13)14/h2-4,6,10H,5H2,1H3,(H,11,14). The number of hydrogen-bond acceptors (Lipinski definition) is 3. The first kappa shape index (κ1) is 9.01. The third kappa shape index (κ3) is 1.69. The summed E-state index contributed by atoms with van der Waals surface area (Å²) >= 11 is 4.99. The third-order valence-electron chi connectivity index (χ3n) is 2.03. The second-order valence-corrected chi connectivity index (χ2v) is 3.36. The zero-order valence-corrected chi connectivity index (χ0v) is 8.58. The van der Waals surface area contributed by atoms with Crippen molar-refractivity contribution >= 4 is 12.2 Å². The van der Waals surface area contributed by atoms with Gasteiger partial charge in [0.2, 0.25) is 4.77 Å². The summed E-state index contributed by atoms with van der Waals surface area (Å²) in [6.45, 7) is 0.720. The summed E-state index contributed by atoms with van der Waals surface area (Å²) in [4.78, 5) is 0. The summed E-state index contributed by atoms with van der Waals surface area (Å²) in [7, 11) is 2.01. The molecule has 0 radical (unpaired) electrons. The zero-order chi connectivity index (χ0) is 9.97. The van der Waals surface area contributed by atoms with Gasteiger partial charge in [-0.3, -0.25) is 5.10 Å². The molecule has 0 fully saturated rings. The lowest BCUT2D eigenvalue weighted by Gasteiger charge is -2.06. The summed E-state index contributed by atoms with van der Waals surface area (Å²) in [5.41, 5.74) is 4.32. The first-order valence-electron chi connectivity index (χ1n) is 4.23. The average Bonchev–Trinajstić information content (AvgIpc) is 2.72. The van der Waals surface area contributed by atoms with Crippen LogP contribution in [-0.4, -0.2) is 19.4 Å². The molecule has 2 heterocycles. The van der Waals surface area contributed by atoms with E-state index in [9.17, 15) is 0 Å². The molecule has 2 aromatic heterocycles. The van der Waals surface area contributed by atoms with Crippen molar-refractivity contribution in [3.8, 4) is 0 Å². The number of hydrogen-bond donors (Lipinski definition) is 2. The lowest BCUT2D eigenvalue weighted by atomic mass is 10.4. The Morgan fingerprint density at radius 2 is 2.50 bits per heavy atom. The molecule has 0 unspecified atom stereocenters. The third-order valence-corrected chi connectivity index (χ3v) is 2.32. The Hall–Kier alpha value is -1.56. The fourth-order valence-corrected chi connectivity index (χ4v) is 1.37. The molecule has 2 N–H and O–H groups in total. The van der Waals surface area contributed by atoms with Crippen LogP contribution in [0.1, 0.15) is 5.69 Å². The van der Waals surface area contributed by atoms with Crippen LogP contribution in [-0.2, 0) is 13.6 Å². The molecule has 2 rings (SSSR count). The molecule has 5 nitrogen and oxygen atoms in total. The van der Waals surface area contributed by atoms with Crippen LogP contribution in [0, 0.1) is 4.77 Å². The van der Waals surface area contributed by atoms with Crippen LogP contribution in [0.5, 0.6) is 0 Å². The molecule has 14 heavy (non-hydrogen) atoms. The van der Waals surface area contributed by atoms with Crippen LogP contribution < -0.4 is 5.43 Å². The van der Waals surface area contributed by atoms with E-state index in [1.165, 1.54) is 5.69 Å². The Labute approximate surface area is 86.3 Å². The summed E-state index contributed by atoms with van der Waals surface area (Å²) in [6.07, 6.45) is 3.62. The first-order valence-corrected chi connectivity index (χ1v) is 4.64. The molecule has 6 heteroatoms. The monoisotopic (exact) mass is 209 g/mol. The van der Waals surface area contributed by atoms with E-state index in [1.807, 2.05) is 19.3 Å². The quantitative estimate of drug-likeness (QED) is 0.742. The maximum absolute atomic E-state index is 4.99. The van der Waals surface area contributed by atoms with E-state index in [0.717, 1.165) is 6.54 Å². The summed E-state index contributed by atoms with van der Waals surface area (Å²) < 4.78 is 4.30. The molecule has 0 aliphatic carbocycles. The molecule has 0 atom stereocenters. The van der Waals surface area contributed by atoms with E-state index >= 15 is 0 Å². The molecule has 0 spiro atoms. The molecular formula is C8H11N5S. The maximum atomic E-state index is 4.99. The SMILES string of the molecule is Cn1cccc1CNn1cn[nH]c1=S. The van der Waals surface area contributed by atoms with Gasteiger partial charge in [-0.15, -0.1) is 0 Å². The van der Waals surface area contributed by atoms with Crippen LogP contribution in [0.25, 0.3) is 0 Å². The zero-order valence-electron chi connectivity index (χ0n) is 7.77. The topological polar surface area (TPSA) is 50.6 Å². The average molecular weight is 209 g/mol. The Bertz CT molecular complexity index is 466. The van der Waals surface area contributed by atoms with Crippen molar-refractivity contribution in [3.05, 3.63) is 35.1 Å². The second kappa shape index (κ2) is 3.67. The van der Waals surface area contributed by atoms with Crippen molar-refractivity contribution in [1.29, 1.82) is 0 Å². The molecule has 2 aromatic rings. The lowest BCUT2D eigenvalue weighted by Crippen LogP contribution is -2.15. The van der Waals surface area contributed by atoms with Gasteiger partial charge in [0, 0.05) is 18.9 Å². The minimum atomic E-state index is 0.569. The van der Waals surface area contributed by atoms with Gasteiger partial charge in [-0.25, -0.2) is 4.68 Å². The smallest absolute Gasteiger partial charge is 0.214 e. The molecule has 0 aliphatic rings. The number of rotatable bonds is 3. The van der Waals surface area contributed by atoms with Gasteiger partial charge in [0.15, 0.2) is 0 Å². The number of aromatic nitrogens is 4. The van der Waals surface area contributed by atoms with Gasteiger partial charge in [0.05, 0.1) is 6.54 Å². The van der Waals surface area contributed by atoms with Crippen molar-refractivity contribution in [2.75, 3.05) is 5.43 Å². The minimum absolute atomic E-state index is 0.569. The van der Waals surface area contributed by atoms with Crippen molar-refractivity contribution in [1.82, 2.24) is 19.4 Å². The lowest BCUT2D eigenvalue weighted by molar-refractivity contribution is 0.764. The van der Waals surface area contributed by atoms with E-state index in [1.54, 1.807) is 11.0 Å². The van der Waals surface area contributed by atoms with Crippen LogP contribution in [0.15, 0.2) is 24.7 Å². The predicted molar refractivity (Wildman–Crippen MR) is 55.9 cm³/mol. The van der Waals surface area contributed by atoms with Gasteiger partial charge in [0.25, 0.3) is 0 Å². The maximum Gasteiger partial charge on any atom is 0.214 e. The van der Waals surface area contributed by atoms with E-state index < -0.39 is 0 Å². The number of aromatic amines is 1. The van der Waals surface area contributed by atoms with Crippen molar-refractivity contribution in [2.45, 2.75) is 6.54 Å². The highest BCUT2D eigenvalue weighted by Gasteiger charge is 1.97. The summed E-state index contributed by atoms with van der Waals surface area (Å²) in [6, 6.07) is 4.06. The Morgan fingerprint density at radius 3 is 3.07 bits per heavy atom. The summed E-state index contributed by atoms with van der Waals surface area (Å²) in [5.74, 6) is 0. The van der Waals surface area contributed by atoms with Crippen molar-refractivity contribution in [3.63, 3.8) is 0 Å². The van der Waals surface area contributed by atoms with Gasteiger partial charge in [-0.1, -0.05) is 0 Å². The number of nitrogens with one attached hydrogen (secondary N) is 2. The Kier molecular flexibility index (Phi) is 2.36. The normalized spacial score (nSPS) is 10.4. The van der Waals surface area contributed by atoms with E-state index in [-0.39, 0.29) is 0 Å². The fraction of sp³-hybridized carbons (Fsp3) is 0.250. The van der Waals surface area contributed by atoms with E-state index in [4.69, 9.17) is 12.2 Å². The van der Waals surface area contributed by atoms with Crippen molar-refractivity contribution < 1.29 is 0 Å². The molecule has 74 valence electrons. The Balaban J connectivity index is 2.05. The van der Waals surface area contributed by atoms with Gasteiger partial charge < -0.3 is 9.99 Å². The van der Waals surface area contributed by atoms with Crippen LogP contribution in [0.3, 0.4) is 0 Å². The largest absolute Gasteiger partial charge is 0.353 e.